The molecule has 2 heterocycles. The lowest BCUT2D eigenvalue weighted by molar-refractivity contribution is -0.135. The second kappa shape index (κ2) is 20.3. The molecule has 54 heavy (non-hydrogen) atoms. The number of halogens is 6. The van der Waals surface area contributed by atoms with Crippen LogP contribution in [-0.2, 0) is 27.2 Å². The number of rotatable bonds is 8. The number of hydrogen-bond acceptors (Lipinski definition) is 9. The summed E-state index contributed by atoms with van der Waals surface area (Å²) < 4.78 is 79.3. The molecule has 0 saturated carbocycles. The van der Waals surface area contributed by atoms with Crippen LogP contribution in [0.1, 0.15) is 51.7 Å². The maximum atomic E-state index is 13.6. The molecule has 0 aromatic heterocycles. The molecule has 19 heteroatoms. The summed E-state index contributed by atoms with van der Waals surface area (Å²) in [6.45, 7) is 8.28. The van der Waals surface area contributed by atoms with Crippen LogP contribution in [0.25, 0.3) is 0 Å². The van der Waals surface area contributed by atoms with Crippen LogP contribution in [0.2, 0.25) is 0 Å². The summed E-state index contributed by atoms with van der Waals surface area (Å²) in [6.07, 6.45) is -1.25. The molecule has 2 amide bonds. The predicted molar refractivity (Wildman–Crippen MR) is 190 cm³/mol. The maximum Gasteiger partial charge on any atom is 0.230 e. The molecule has 296 valence electrons. The summed E-state index contributed by atoms with van der Waals surface area (Å²) >= 11 is 0. The van der Waals surface area contributed by atoms with Gasteiger partial charge in [0.05, 0.1) is 31.2 Å². The lowest BCUT2D eigenvalue weighted by atomic mass is 10.0. The van der Waals surface area contributed by atoms with Gasteiger partial charge in [-0.15, -0.1) is 0 Å². The molecule has 2 fully saturated rings. The highest BCUT2D eigenvalue weighted by molar-refractivity contribution is 6.03. The molecule has 1 atom stereocenters. The smallest absolute Gasteiger partial charge is 0.230 e. The molecule has 2 saturated heterocycles. The highest BCUT2D eigenvalue weighted by atomic mass is 19.2. The first-order valence-electron chi connectivity index (χ1n) is 16.8. The van der Waals surface area contributed by atoms with Gasteiger partial charge in [0.2, 0.25) is 11.8 Å². The number of hydrogen-bond donors (Lipinski definition) is 6. The standard InChI is InChI=1S/C16H20F3N5O.C16H17F3N4O2.C3H9N/c1-9(20)24-3-2-23(8-15(24)22)16(25)6-11(21)4-10-5-13(18)14(19)7-12(10)17;1-9(20)23-3-2-22(8-15(23)21)16(25)6-11(24)4-10-5-13(18)14(19)7-12(10)17;1-3(2)4/h5,7,11,20,22H,2-4,6,8,21H2,1H3;5,7,20-21H,2-4,6,8H2,1H3;3H,4H2,1-2H3/t11-;;/m1../s1. The van der Waals surface area contributed by atoms with Crippen LogP contribution < -0.4 is 11.5 Å². The zero-order valence-corrected chi connectivity index (χ0v) is 30.5. The van der Waals surface area contributed by atoms with Crippen molar-refractivity contribution in [2.45, 2.75) is 65.5 Å². The SMILES string of the molecule is CC(=N)N1CCN(C(=O)CC(=O)Cc2cc(F)c(F)cc2F)CC1=N.CC(=N)N1CCN(C(=O)C[C@H](N)Cc2cc(F)c(F)cc2F)CC1=N.CC(C)N. The van der Waals surface area contributed by atoms with Crippen LogP contribution in [0.5, 0.6) is 0 Å². The van der Waals surface area contributed by atoms with Gasteiger partial charge in [0.25, 0.3) is 0 Å². The van der Waals surface area contributed by atoms with E-state index in [-0.39, 0.29) is 79.4 Å². The second-order valence-electron chi connectivity index (χ2n) is 13.0. The van der Waals surface area contributed by atoms with Crippen molar-refractivity contribution in [3.8, 4) is 0 Å². The number of benzene rings is 2. The highest BCUT2D eigenvalue weighted by Gasteiger charge is 2.28. The number of nitrogens with one attached hydrogen (secondary N) is 4. The molecule has 2 aromatic carbocycles. The van der Waals surface area contributed by atoms with Crippen LogP contribution in [0.15, 0.2) is 24.3 Å². The Morgan fingerprint density at radius 3 is 1.48 bits per heavy atom. The fraction of sp³-hybridized carbons (Fsp3) is 0.457. The molecule has 0 radical (unpaired) electrons. The summed E-state index contributed by atoms with van der Waals surface area (Å²) in [4.78, 5) is 42.1. The molecule has 2 aliphatic rings. The second-order valence-corrected chi connectivity index (χ2v) is 13.0. The third-order valence-corrected chi connectivity index (χ3v) is 7.87. The topological polar surface area (TPSA) is 212 Å². The lowest BCUT2D eigenvalue weighted by Crippen LogP contribution is -2.53. The lowest BCUT2D eigenvalue weighted by Gasteiger charge is -2.36. The number of piperazine rings is 2. The Morgan fingerprint density at radius 1 is 0.667 bits per heavy atom. The normalized spacial score (nSPS) is 14.9. The molecular weight excluding hydrogens is 722 g/mol. The van der Waals surface area contributed by atoms with E-state index >= 15 is 0 Å². The monoisotopic (exact) mass is 768 g/mol. The van der Waals surface area contributed by atoms with E-state index in [0.29, 0.717) is 37.3 Å². The Bertz CT molecular complexity index is 1760. The van der Waals surface area contributed by atoms with Gasteiger partial charge in [-0.25, -0.2) is 26.3 Å². The molecule has 0 bridgehead atoms. The molecule has 4 rings (SSSR count). The first-order chi connectivity index (χ1) is 25.1. The number of Topliss-reactive ketones (excluding diaryl/α,β-unsaturated/α-hetero) is 1. The number of ketones is 1. The fourth-order valence-corrected chi connectivity index (χ4v) is 5.25. The van der Waals surface area contributed by atoms with E-state index in [4.69, 9.17) is 33.1 Å². The van der Waals surface area contributed by atoms with Crippen LogP contribution >= 0.6 is 0 Å². The maximum absolute atomic E-state index is 13.6. The molecular formula is C35H46F6N10O3. The minimum atomic E-state index is -1.34. The molecule has 0 unspecified atom stereocenters. The third kappa shape index (κ3) is 13.7. The van der Waals surface area contributed by atoms with Crippen molar-refractivity contribution in [2.75, 3.05) is 39.3 Å². The Kier molecular flexibility index (Phi) is 16.9. The van der Waals surface area contributed by atoms with Crippen LogP contribution in [0.3, 0.4) is 0 Å². The van der Waals surface area contributed by atoms with E-state index in [1.165, 1.54) is 26.5 Å². The fourth-order valence-electron chi connectivity index (χ4n) is 5.25. The summed E-state index contributed by atoms with van der Waals surface area (Å²) in [6, 6.07) is 1.74. The van der Waals surface area contributed by atoms with Crippen molar-refractivity contribution in [3.05, 3.63) is 70.3 Å². The number of amidine groups is 4. The Morgan fingerprint density at radius 2 is 1.06 bits per heavy atom. The molecule has 0 aliphatic carbocycles. The van der Waals surface area contributed by atoms with Crippen molar-refractivity contribution in [2.24, 2.45) is 11.5 Å². The number of nitrogens with two attached hydrogens (primary N) is 2. The first kappa shape index (κ1) is 45.0. The molecule has 2 aliphatic heterocycles. The van der Waals surface area contributed by atoms with E-state index in [1.54, 1.807) is 6.92 Å². The number of amides is 2. The van der Waals surface area contributed by atoms with Gasteiger partial charge in [-0.2, -0.15) is 0 Å². The van der Waals surface area contributed by atoms with Gasteiger partial charge in [-0.3, -0.25) is 36.0 Å². The summed E-state index contributed by atoms with van der Waals surface area (Å²) in [5.74, 6) is -7.80. The molecule has 13 nitrogen and oxygen atoms in total. The van der Waals surface area contributed by atoms with Crippen molar-refractivity contribution in [1.82, 2.24) is 19.6 Å². The van der Waals surface area contributed by atoms with Crippen molar-refractivity contribution in [3.63, 3.8) is 0 Å². The van der Waals surface area contributed by atoms with Crippen molar-refractivity contribution < 1.29 is 40.7 Å². The molecule has 8 N–H and O–H groups in total. The van der Waals surface area contributed by atoms with E-state index in [9.17, 15) is 40.7 Å². The average Bonchev–Trinajstić information content (AvgIpc) is 3.05. The van der Waals surface area contributed by atoms with Crippen LogP contribution in [0.4, 0.5) is 26.3 Å². The Balaban J connectivity index is 0.000000340. The zero-order valence-electron chi connectivity index (χ0n) is 30.5. The zero-order chi connectivity index (χ0) is 41.0. The van der Waals surface area contributed by atoms with Gasteiger partial charge in [-0.1, -0.05) is 13.8 Å². The van der Waals surface area contributed by atoms with Gasteiger partial charge in [-0.05, 0) is 49.6 Å². The van der Waals surface area contributed by atoms with E-state index < -0.39 is 65.5 Å². The summed E-state index contributed by atoms with van der Waals surface area (Å²) in [7, 11) is 0. The third-order valence-electron chi connectivity index (χ3n) is 7.87. The summed E-state index contributed by atoms with van der Waals surface area (Å²) in [5.41, 5.74) is 10.6. The quantitative estimate of drug-likeness (QED) is 0.0772. The first-order valence-corrected chi connectivity index (χ1v) is 16.8. The highest BCUT2D eigenvalue weighted by Crippen LogP contribution is 2.18. The minimum absolute atomic E-state index is 0.0259. The summed E-state index contributed by atoms with van der Waals surface area (Å²) in [5, 5.41) is 30.7. The van der Waals surface area contributed by atoms with Gasteiger partial charge < -0.3 is 31.1 Å². The van der Waals surface area contributed by atoms with Gasteiger partial charge in [0.1, 0.15) is 29.1 Å². The van der Waals surface area contributed by atoms with Crippen LogP contribution in [0, 0.1) is 56.5 Å². The molecule has 0 spiro atoms. The number of carbonyl (C=O) groups excluding carboxylic acids is 3. The van der Waals surface area contributed by atoms with E-state index in [0.717, 1.165) is 6.07 Å². The Labute approximate surface area is 309 Å². The van der Waals surface area contributed by atoms with Crippen LogP contribution in [-0.4, -0.2) is 112 Å². The number of nitrogens with zero attached hydrogens (tertiary/aromatic N) is 4. The minimum Gasteiger partial charge on any atom is -0.333 e. The molecule has 2 aromatic rings. The van der Waals surface area contributed by atoms with E-state index in [2.05, 4.69) is 0 Å². The van der Waals surface area contributed by atoms with Gasteiger partial charge in [0, 0.05) is 57.2 Å². The Hall–Kier alpha value is -5.17. The van der Waals surface area contributed by atoms with Crippen molar-refractivity contribution >= 4 is 40.9 Å². The van der Waals surface area contributed by atoms with Crippen molar-refractivity contribution in [1.29, 1.82) is 21.6 Å². The largest absolute Gasteiger partial charge is 0.333 e. The number of carbonyl (C=O) groups is 3. The average molecular weight is 769 g/mol. The van der Waals surface area contributed by atoms with Gasteiger partial charge >= 0.3 is 0 Å². The predicted octanol–water partition coefficient (Wildman–Crippen LogP) is 3.56. The van der Waals surface area contributed by atoms with E-state index in [1.807, 2.05) is 13.8 Å². The van der Waals surface area contributed by atoms with Gasteiger partial charge in [0.15, 0.2) is 23.3 Å².